The Hall–Kier alpha value is -3.30. The first-order valence-electron chi connectivity index (χ1n) is 14.7. The fourth-order valence-electron chi connectivity index (χ4n) is 5.26. The topological polar surface area (TPSA) is 113 Å². The van der Waals surface area contributed by atoms with Crippen molar-refractivity contribution in [2.24, 2.45) is 0 Å². The van der Waals surface area contributed by atoms with Crippen LogP contribution >= 0.6 is 0 Å². The molecule has 10 nitrogen and oxygen atoms in total. The van der Waals surface area contributed by atoms with Crippen molar-refractivity contribution in [2.45, 2.75) is 70.8 Å². The number of nitrogens with zero attached hydrogens (tertiary/aromatic N) is 6. The van der Waals surface area contributed by atoms with Gasteiger partial charge in [-0.3, -0.25) is 0 Å². The molecule has 1 fully saturated rings. The summed E-state index contributed by atoms with van der Waals surface area (Å²) in [5, 5.41) is 21.7. The average Bonchev–Trinajstić information content (AvgIpc) is 3.45. The van der Waals surface area contributed by atoms with Gasteiger partial charge in [0, 0.05) is 49.5 Å². The second-order valence-corrected chi connectivity index (χ2v) is 18.3. The number of hydrogen-bond acceptors (Lipinski definition) is 9. The summed E-state index contributed by atoms with van der Waals surface area (Å²) in [5.74, 6) is 1.28. The zero-order valence-corrected chi connectivity index (χ0v) is 27.2. The molecular formula is C31H44N8O2Si. The Morgan fingerprint density at radius 2 is 2.07 bits per heavy atom. The van der Waals surface area contributed by atoms with Gasteiger partial charge in [-0.05, 0) is 55.9 Å². The van der Waals surface area contributed by atoms with Crippen LogP contribution in [-0.2, 0) is 21.1 Å². The fourth-order valence-corrected chi connectivity index (χ4v) is 6.37. The molecule has 0 radical (unpaired) electrons. The highest BCUT2D eigenvalue weighted by atomic mass is 28.4. The number of anilines is 3. The maximum Gasteiger partial charge on any atom is 0.228 e. The molecule has 2 atom stereocenters. The summed E-state index contributed by atoms with van der Waals surface area (Å²) in [6.45, 7) is 20.0. The van der Waals surface area contributed by atoms with Gasteiger partial charge < -0.3 is 24.7 Å². The molecule has 3 aromatic rings. The molecule has 0 unspecified atom stereocenters. The third kappa shape index (κ3) is 6.22. The van der Waals surface area contributed by atoms with E-state index in [2.05, 4.69) is 85.6 Å². The van der Waals surface area contributed by atoms with Crippen molar-refractivity contribution in [1.82, 2.24) is 24.6 Å². The summed E-state index contributed by atoms with van der Waals surface area (Å²) in [6, 6.07) is 10.3. The molecule has 4 heterocycles. The molecule has 224 valence electrons. The van der Waals surface area contributed by atoms with Gasteiger partial charge in [0.15, 0.2) is 8.32 Å². The second kappa shape index (κ2) is 11.4. The Morgan fingerprint density at radius 3 is 2.79 bits per heavy atom. The summed E-state index contributed by atoms with van der Waals surface area (Å²) < 4.78 is 14.6. The third-order valence-electron chi connectivity index (χ3n) is 8.93. The van der Waals surface area contributed by atoms with Gasteiger partial charge in [0.05, 0.1) is 41.9 Å². The molecule has 0 bridgehead atoms. The molecule has 1 saturated heterocycles. The van der Waals surface area contributed by atoms with Gasteiger partial charge in [-0.1, -0.05) is 27.7 Å². The first-order chi connectivity index (χ1) is 19.8. The Balaban J connectivity index is 1.41. The first kappa shape index (κ1) is 30.2. The minimum absolute atomic E-state index is 0.0650. The van der Waals surface area contributed by atoms with E-state index in [0.29, 0.717) is 24.7 Å². The maximum absolute atomic E-state index is 10.1. The molecule has 2 aliphatic rings. The Labute approximate surface area is 250 Å². The smallest absolute Gasteiger partial charge is 0.228 e. The molecule has 0 amide bonds. The number of likely N-dealkylation sites (N-methyl/N-ethyl adjacent to an activating group) is 1. The summed E-state index contributed by atoms with van der Waals surface area (Å²) in [5.41, 5.74) is 4.85. The van der Waals surface area contributed by atoms with Crippen molar-refractivity contribution in [2.75, 3.05) is 50.5 Å². The number of rotatable bonds is 8. The molecule has 2 aliphatic heterocycles. The Morgan fingerprint density at radius 1 is 1.29 bits per heavy atom. The van der Waals surface area contributed by atoms with E-state index < -0.39 is 8.32 Å². The number of morpholine rings is 1. The molecule has 2 N–H and O–H groups in total. The molecular weight excluding hydrogens is 544 g/mol. The summed E-state index contributed by atoms with van der Waals surface area (Å²) >= 11 is 0. The number of ether oxygens (including phenoxy) is 1. The van der Waals surface area contributed by atoms with E-state index in [1.54, 1.807) is 6.20 Å². The van der Waals surface area contributed by atoms with Crippen LogP contribution in [0.15, 0.2) is 30.5 Å². The van der Waals surface area contributed by atoms with Crippen LogP contribution in [0.2, 0.25) is 18.1 Å². The third-order valence-corrected chi connectivity index (χ3v) is 13.4. The van der Waals surface area contributed by atoms with Crippen molar-refractivity contribution in [3.63, 3.8) is 0 Å². The summed E-state index contributed by atoms with van der Waals surface area (Å²) in [6.07, 6.45) is 1.81. The summed E-state index contributed by atoms with van der Waals surface area (Å²) in [4.78, 5) is 11.6. The zero-order valence-electron chi connectivity index (χ0n) is 26.2. The molecule has 0 aliphatic carbocycles. The van der Waals surface area contributed by atoms with E-state index >= 15 is 0 Å². The molecule has 42 heavy (non-hydrogen) atoms. The van der Waals surface area contributed by atoms with Gasteiger partial charge >= 0.3 is 0 Å². The lowest BCUT2D eigenvalue weighted by atomic mass is 9.83. The van der Waals surface area contributed by atoms with Crippen LogP contribution in [0.3, 0.4) is 0 Å². The molecule has 0 saturated carbocycles. The normalized spacial score (nSPS) is 21.1. The van der Waals surface area contributed by atoms with Crippen molar-refractivity contribution in [3.8, 4) is 17.3 Å². The highest BCUT2D eigenvalue weighted by molar-refractivity contribution is 6.74. The number of aryl methyl sites for hydroxylation is 1. The van der Waals surface area contributed by atoms with Gasteiger partial charge in [-0.25, -0.2) is 14.6 Å². The number of nitrogens with one attached hydrogen (secondary N) is 2. The number of fused-ring (bicyclic) bond motifs is 1. The summed E-state index contributed by atoms with van der Waals surface area (Å²) in [7, 11) is 0.166. The van der Waals surface area contributed by atoms with Crippen molar-refractivity contribution < 1.29 is 9.16 Å². The van der Waals surface area contributed by atoms with Crippen LogP contribution in [0, 0.1) is 18.3 Å². The van der Waals surface area contributed by atoms with Crippen LogP contribution in [-0.4, -0.2) is 79.0 Å². The van der Waals surface area contributed by atoms with Gasteiger partial charge in [0.2, 0.25) is 5.95 Å². The van der Waals surface area contributed by atoms with Gasteiger partial charge in [0.25, 0.3) is 0 Å². The Bertz CT molecular complexity index is 1490. The molecule has 1 aromatic carbocycles. The maximum atomic E-state index is 10.1. The van der Waals surface area contributed by atoms with E-state index in [1.165, 1.54) is 0 Å². The molecule has 0 spiro atoms. The van der Waals surface area contributed by atoms with E-state index in [9.17, 15) is 5.26 Å². The predicted octanol–water partition coefficient (Wildman–Crippen LogP) is 5.30. The number of hydrogen-bond donors (Lipinski definition) is 2. The minimum atomic E-state index is -1.94. The van der Waals surface area contributed by atoms with Gasteiger partial charge in [-0.2, -0.15) is 10.4 Å². The largest absolute Gasteiger partial charge is 0.416 e. The van der Waals surface area contributed by atoms with E-state index in [0.717, 1.165) is 60.3 Å². The van der Waals surface area contributed by atoms with Crippen LogP contribution in [0.5, 0.6) is 0 Å². The van der Waals surface area contributed by atoms with Crippen molar-refractivity contribution >= 4 is 25.8 Å². The SMILES string of the molecule is Cc1cc(Nc2nccc(-c3cc(C#N)c4c(c3)[C@@](C)(CO[Si](C)(C)C(C)(C)C)CN4)n2)n(C[C@@H]2CN(C)CCO2)n1. The standard InChI is InChI=1S/C31H44N8O2Si/c1-21-13-27(39(37-21)18-24-17-38(6)11-12-40-24)36-29-33-10-9-26(35-29)22-14-23(16-32)28-25(15-22)31(5,19-34-28)20-41-42(7,8)30(2,3)4/h9-10,13-15,24,34H,11-12,17-20H2,1-8H3,(H,33,35,36)/t24-,31+/m0/s1. The molecule has 2 aromatic heterocycles. The number of aromatic nitrogens is 4. The van der Waals surface area contributed by atoms with Crippen LogP contribution < -0.4 is 10.6 Å². The Kier molecular flexibility index (Phi) is 8.20. The predicted molar refractivity (Wildman–Crippen MR) is 169 cm³/mol. The van der Waals surface area contributed by atoms with Crippen molar-refractivity contribution in [1.29, 1.82) is 5.26 Å². The molecule has 11 heteroatoms. The number of benzene rings is 1. The van der Waals surface area contributed by atoms with E-state index in [1.807, 2.05) is 29.8 Å². The monoisotopic (exact) mass is 588 g/mol. The lowest BCUT2D eigenvalue weighted by Crippen LogP contribution is -2.45. The van der Waals surface area contributed by atoms with Crippen LogP contribution in [0.1, 0.15) is 44.5 Å². The fraction of sp³-hybridized carbons (Fsp3) is 0.548. The second-order valence-electron chi connectivity index (χ2n) is 13.5. The lowest BCUT2D eigenvalue weighted by Gasteiger charge is -2.39. The van der Waals surface area contributed by atoms with E-state index in [-0.39, 0.29) is 16.6 Å². The quantitative estimate of drug-likeness (QED) is 0.339. The minimum Gasteiger partial charge on any atom is -0.416 e. The highest BCUT2D eigenvalue weighted by Crippen LogP contribution is 2.44. The first-order valence-corrected chi connectivity index (χ1v) is 17.6. The van der Waals surface area contributed by atoms with Crippen molar-refractivity contribution in [3.05, 3.63) is 47.3 Å². The molecule has 5 rings (SSSR count). The average molecular weight is 589 g/mol. The highest BCUT2D eigenvalue weighted by Gasteiger charge is 2.42. The van der Waals surface area contributed by atoms with E-state index in [4.69, 9.17) is 14.1 Å². The lowest BCUT2D eigenvalue weighted by molar-refractivity contribution is -0.0287. The zero-order chi connectivity index (χ0) is 30.3. The van der Waals surface area contributed by atoms with Gasteiger partial charge in [0.1, 0.15) is 11.9 Å². The van der Waals surface area contributed by atoms with Crippen LogP contribution in [0.25, 0.3) is 11.3 Å². The van der Waals surface area contributed by atoms with Crippen LogP contribution in [0.4, 0.5) is 17.5 Å². The number of nitriles is 1. The van der Waals surface area contributed by atoms with Gasteiger partial charge in [-0.15, -0.1) is 0 Å².